The smallest absolute Gasteiger partial charge is 0.283 e. The van der Waals surface area contributed by atoms with E-state index >= 15 is 0 Å². The number of methoxy groups -OCH3 is 2. The number of thioether (sulfide) groups is 1. The van der Waals surface area contributed by atoms with Crippen molar-refractivity contribution in [3.63, 3.8) is 0 Å². The van der Waals surface area contributed by atoms with E-state index in [1.54, 1.807) is 49.8 Å². The summed E-state index contributed by atoms with van der Waals surface area (Å²) < 4.78 is 10.5. The number of aromatic nitrogens is 1. The number of pyridine rings is 1. The molecule has 2 aliphatic rings. The zero-order valence-electron chi connectivity index (χ0n) is 15.0. The lowest BCUT2D eigenvalue weighted by Crippen LogP contribution is -2.35. The summed E-state index contributed by atoms with van der Waals surface area (Å²) in [5, 5.41) is 15.2. The van der Waals surface area contributed by atoms with Crippen LogP contribution in [0.2, 0.25) is 0 Å². The molecule has 0 radical (unpaired) electrons. The third kappa shape index (κ3) is 3.16. The number of aliphatic imine (C=N–C) groups is 1. The van der Waals surface area contributed by atoms with E-state index in [0.29, 0.717) is 27.3 Å². The zero-order chi connectivity index (χ0) is 19.7. The van der Waals surface area contributed by atoms with Crippen molar-refractivity contribution in [2.45, 2.75) is 0 Å². The van der Waals surface area contributed by atoms with Gasteiger partial charge < -0.3 is 9.47 Å². The van der Waals surface area contributed by atoms with E-state index in [1.165, 1.54) is 23.9 Å². The van der Waals surface area contributed by atoms with Gasteiger partial charge in [0.1, 0.15) is 5.04 Å². The molecule has 8 nitrogen and oxygen atoms in total. The van der Waals surface area contributed by atoms with Gasteiger partial charge >= 0.3 is 0 Å². The van der Waals surface area contributed by atoms with E-state index < -0.39 is 5.91 Å². The summed E-state index contributed by atoms with van der Waals surface area (Å²) in [6.45, 7) is 0. The fraction of sp³-hybridized carbons (Fsp3) is 0.105. The molecule has 0 saturated heterocycles. The highest BCUT2D eigenvalue weighted by Crippen LogP contribution is 2.32. The first-order chi connectivity index (χ1) is 13.6. The minimum absolute atomic E-state index is 0.0313. The van der Waals surface area contributed by atoms with Gasteiger partial charge in [0.15, 0.2) is 17.3 Å². The number of benzene rings is 1. The normalized spacial score (nSPS) is 17.4. The number of hydrogen-bond donors (Lipinski definition) is 1. The molecule has 0 atom stereocenters. The van der Waals surface area contributed by atoms with Gasteiger partial charge in [-0.2, -0.15) is 15.1 Å². The first kappa shape index (κ1) is 17.9. The van der Waals surface area contributed by atoms with Gasteiger partial charge in [0, 0.05) is 18.0 Å². The van der Waals surface area contributed by atoms with Crippen LogP contribution < -0.4 is 9.47 Å². The van der Waals surface area contributed by atoms with Gasteiger partial charge in [0.25, 0.3) is 5.91 Å². The zero-order valence-corrected chi connectivity index (χ0v) is 15.9. The van der Waals surface area contributed by atoms with Crippen molar-refractivity contribution < 1.29 is 14.3 Å². The molecule has 0 bridgehead atoms. The largest absolute Gasteiger partial charge is 0.493 e. The van der Waals surface area contributed by atoms with Crippen molar-refractivity contribution in [2.75, 3.05) is 14.2 Å². The molecule has 0 saturated carbocycles. The highest BCUT2D eigenvalue weighted by molar-refractivity contribution is 8.27. The number of carbonyl (C=O) groups is 1. The van der Waals surface area contributed by atoms with Crippen LogP contribution in [0.3, 0.4) is 0 Å². The number of nitrogens with one attached hydrogen (secondary N) is 1. The van der Waals surface area contributed by atoms with Crippen LogP contribution in [0.15, 0.2) is 58.4 Å². The third-order valence-electron chi connectivity index (χ3n) is 4.08. The summed E-state index contributed by atoms with van der Waals surface area (Å²) in [6.07, 6.45) is 4.94. The topological polar surface area (TPSA) is 100 Å². The summed E-state index contributed by atoms with van der Waals surface area (Å²) >= 11 is 1.24. The molecule has 2 aromatic rings. The van der Waals surface area contributed by atoms with E-state index in [2.05, 4.69) is 15.1 Å². The number of hydrazone groups is 1. The van der Waals surface area contributed by atoms with Crippen LogP contribution in [0.5, 0.6) is 11.5 Å². The maximum atomic E-state index is 12.5. The van der Waals surface area contributed by atoms with Gasteiger partial charge in [-0.05, 0) is 47.7 Å². The highest BCUT2D eigenvalue weighted by atomic mass is 32.2. The Morgan fingerprint density at radius 2 is 2.00 bits per heavy atom. The number of amides is 1. The molecule has 1 aromatic carbocycles. The molecule has 0 spiro atoms. The molecule has 2 aliphatic heterocycles. The monoisotopic (exact) mass is 393 g/mol. The fourth-order valence-corrected chi connectivity index (χ4v) is 3.59. The van der Waals surface area contributed by atoms with Crippen molar-refractivity contribution in [2.24, 2.45) is 10.1 Å². The SMILES string of the molecule is COc1ccc(/C=C2\C(=N)N3N=C(c4cccnc4)SC3=NC2=O)cc1OC. The minimum atomic E-state index is -0.485. The Morgan fingerprint density at radius 3 is 2.71 bits per heavy atom. The summed E-state index contributed by atoms with van der Waals surface area (Å²) in [5.74, 6) is 0.596. The highest BCUT2D eigenvalue weighted by Gasteiger charge is 2.36. The molecule has 0 unspecified atom stereocenters. The van der Waals surface area contributed by atoms with Gasteiger partial charge in [-0.1, -0.05) is 6.07 Å². The van der Waals surface area contributed by atoms with Gasteiger partial charge in [-0.3, -0.25) is 15.2 Å². The molecule has 4 rings (SSSR count). The summed E-state index contributed by atoms with van der Waals surface area (Å²) in [5.41, 5.74) is 1.63. The molecule has 1 N–H and O–H groups in total. The van der Waals surface area contributed by atoms with E-state index in [9.17, 15) is 4.79 Å². The second kappa shape index (κ2) is 7.28. The molecule has 3 heterocycles. The van der Waals surface area contributed by atoms with Crippen LogP contribution in [0.25, 0.3) is 6.08 Å². The molecule has 0 fully saturated rings. The van der Waals surface area contributed by atoms with Gasteiger partial charge in [0.2, 0.25) is 5.17 Å². The lowest BCUT2D eigenvalue weighted by molar-refractivity contribution is -0.114. The van der Waals surface area contributed by atoms with Crippen LogP contribution >= 0.6 is 11.8 Å². The summed E-state index contributed by atoms with van der Waals surface area (Å²) in [4.78, 5) is 20.7. The average Bonchev–Trinajstić information content (AvgIpc) is 3.15. The van der Waals surface area contributed by atoms with Crippen molar-refractivity contribution in [3.05, 3.63) is 59.4 Å². The quantitative estimate of drug-likeness (QED) is 0.802. The van der Waals surface area contributed by atoms with E-state index in [4.69, 9.17) is 14.9 Å². The van der Waals surface area contributed by atoms with Gasteiger partial charge in [-0.25, -0.2) is 0 Å². The molecule has 1 aromatic heterocycles. The van der Waals surface area contributed by atoms with Gasteiger partial charge in [-0.15, -0.1) is 0 Å². The fourth-order valence-electron chi connectivity index (χ4n) is 2.71. The average molecular weight is 393 g/mol. The number of carbonyl (C=O) groups excluding carboxylic acids is 1. The number of hydrogen-bond acceptors (Lipinski definition) is 7. The third-order valence-corrected chi connectivity index (χ3v) is 5.04. The van der Waals surface area contributed by atoms with Crippen LogP contribution in [-0.4, -0.2) is 46.2 Å². The first-order valence-corrected chi connectivity index (χ1v) is 9.05. The lowest BCUT2D eigenvalue weighted by atomic mass is 10.1. The molecule has 9 heteroatoms. The van der Waals surface area contributed by atoms with Crippen LogP contribution in [0.4, 0.5) is 0 Å². The van der Waals surface area contributed by atoms with E-state index in [1.807, 2.05) is 6.07 Å². The second-order valence-corrected chi connectivity index (χ2v) is 6.74. The Labute approximate surface area is 165 Å². The summed E-state index contributed by atoms with van der Waals surface area (Å²) in [7, 11) is 3.09. The number of nitrogens with zero attached hydrogens (tertiary/aromatic N) is 4. The molecule has 28 heavy (non-hydrogen) atoms. The second-order valence-electron chi connectivity index (χ2n) is 5.78. The molecular formula is C19H15N5O3S. The number of amidine groups is 2. The predicted molar refractivity (Wildman–Crippen MR) is 108 cm³/mol. The van der Waals surface area contributed by atoms with Crippen molar-refractivity contribution in [1.29, 1.82) is 5.41 Å². The Kier molecular flexibility index (Phi) is 4.66. The number of rotatable bonds is 4. The Bertz CT molecular complexity index is 1060. The number of ether oxygens (including phenoxy) is 2. The van der Waals surface area contributed by atoms with E-state index in [0.717, 1.165) is 5.56 Å². The molecule has 1 amide bonds. The number of fused-ring (bicyclic) bond motifs is 1. The first-order valence-electron chi connectivity index (χ1n) is 8.23. The lowest BCUT2D eigenvalue weighted by Gasteiger charge is -2.20. The molecule has 140 valence electrons. The van der Waals surface area contributed by atoms with Crippen molar-refractivity contribution >= 4 is 39.8 Å². The molecular weight excluding hydrogens is 378 g/mol. The Hall–Kier alpha value is -3.46. The van der Waals surface area contributed by atoms with Crippen LogP contribution in [0.1, 0.15) is 11.1 Å². The Morgan fingerprint density at radius 1 is 1.18 bits per heavy atom. The van der Waals surface area contributed by atoms with Crippen LogP contribution in [0, 0.1) is 5.41 Å². The van der Waals surface area contributed by atoms with Crippen molar-refractivity contribution in [1.82, 2.24) is 9.99 Å². The van der Waals surface area contributed by atoms with Crippen molar-refractivity contribution in [3.8, 4) is 11.5 Å². The maximum absolute atomic E-state index is 12.5. The summed E-state index contributed by atoms with van der Waals surface area (Å²) in [6, 6.07) is 8.91. The maximum Gasteiger partial charge on any atom is 0.283 e. The minimum Gasteiger partial charge on any atom is -0.493 e. The van der Waals surface area contributed by atoms with E-state index in [-0.39, 0.29) is 11.4 Å². The predicted octanol–water partition coefficient (Wildman–Crippen LogP) is 2.77. The standard InChI is InChI=1S/C19H15N5O3S/c1-26-14-6-5-11(9-15(14)27-2)8-13-16(20)24-19(22-17(13)25)28-18(23-24)12-4-3-7-21-10-12/h3-10,20H,1-2H3/b13-8+,20-16?. The van der Waals surface area contributed by atoms with Gasteiger partial charge in [0.05, 0.1) is 19.8 Å². The Balaban J connectivity index is 1.68. The van der Waals surface area contributed by atoms with Crippen LogP contribution in [-0.2, 0) is 4.79 Å². The molecule has 0 aliphatic carbocycles.